The Hall–Kier alpha value is -1.12. The smallest absolute Gasteiger partial charge is 0.0785 e. The van der Waals surface area contributed by atoms with Crippen molar-refractivity contribution in [2.45, 2.75) is 39.6 Å². The van der Waals surface area contributed by atoms with Crippen molar-refractivity contribution in [2.24, 2.45) is 0 Å². The van der Waals surface area contributed by atoms with Crippen LogP contribution in [0.3, 0.4) is 0 Å². The van der Waals surface area contributed by atoms with Gasteiger partial charge in [-0.15, -0.1) is 0 Å². The number of hydrogen-bond donors (Lipinski definition) is 0. The lowest BCUT2D eigenvalue weighted by molar-refractivity contribution is -0.0330. The minimum atomic E-state index is 0.107. The van der Waals surface area contributed by atoms with Crippen LogP contribution in [0.1, 0.15) is 31.9 Å². The molecule has 0 N–H and O–H groups in total. The minimum Gasteiger partial charge on any atom is -0.376 e. The van der Waals surface area contributed by atoms with Crippen molar-refractivity contribution in [2.75, 3.05) is 6.61 Å². The summed E-state index contributed by atoms with van der Waals surface area (Å²) in [5.41, 5.74) is 2.29. The van der Waals surface area contributed by atoms with E-state index in [9.17, 15) is 0 Å². The lowest BCUT2D eigenvalue weighted by Crippen LogP contribution is -2.18. The molecule has 2 heteroatoms. The van der Waals surface area contributed by atoms with Gasteiger partial charge in [-0.25, -0.2) is 0 Å². The van der Waals surface area contributed by atoms with Crippen LogP contribution in [0.15, 0.2) is 30.8 Å². The van der Waals surface area contributed by atoms with Crippen molar-refractivity contribution in [1.29, 1.82) is 0 Å². The fourth-order valence-corrected chi connectivity index (χ4v) is 1.47. The highest BCUT2D eigenvalue weighted by Gasteiger charge is 2.05. The summed E-state index contributed by atoms with van der Waals surface area (Å²) < 4.78 is 11.3. The number of benzene rings is 1. The van der Waals surface area contributed by atoms with Crippen LogP contribution >= 0.6 is 0 Å². The van der Waals surface area contributed by atoms with E-state index in [-0.39, 0.29) is 12.2 Å². The summed E-state index contributed by atoms with van der Waals surface area (Å²) in [5, 5.41) is 0. The van der Waals surface area contributed by atoms with Gasteiger partial charge < -0.3 is 9.47 Å². The van der Waals surface area contributed by atoms with Crippen molar-refractivity contribution in [3.05, 3.63) is 42.0 Å². The Morgan fingerprint density at radius 3 is 2.53 bits per heavy atom. The Morgan fingerprint density at radius 2 is 1.88 bits per heavy atom. The quantitative estimate of drug-likeness (QED) is 0.717. The largest absolute Gasteiger partial charge is 0.376 e. The summed E-state index contributed by atoms with van der Waals surface area (Å²) in [7, 11) is 0. The van der Waals surface area contributed by atoms with E-state index in [1.807, 2.05) is 45.0 Å². The van der Waals surface area contributed by atoms with Gasteiger partial charge >= 0.3 is 0 Å². The first-order valence-corrected chi connectivity index (χ1v) is 6.07. The Labute approximate surface area is 104 Å². The maximum Gasteiger partial charge on any atom is 0.0785 e. The van der Waals surface area contributed by atoms with Crippen LogP contribution in [0.25, 0.3) is 6.08 Å². The molecule has 1 atom stereocenters. The fraction of sp³-hybridized carbons (Fsp3) is 0.467. The highest BCUT2D eigenvalue weighted by molar-refractivity contribution is 5.51. The van der Waals surface area contributed by atoms with E-state index in [2.05, 4.69) is 12.6 Å². The van der Waals surface area contributed by atoms with Crippen LogP contribution in [-0.2, 0) is 16.1 Å². The van der Waals surface area contributed by atoms with Gasteiger partial charge in [-0.05, 0) is 31.9 Å². The standard InChI is InChI=1S/C15H22O2/c1-5-14-8-6-7-9-15(14)11-17-13(4)10-16-12(2)3/h5-9,12-13H,1,10-11H2,2-4H3. The molecule has 1 unspecified atom stereocenters. The minimum absolute atomic E-state index is 0.107. The summed E-state index contributed by atoms with van der Waals surface area (Å²) in [6.07, 6.45) is 2.21. The van der Waals surface area contributed by atoms with Gasteiger partial charge in [0.2, 0.25) is 0 Å². The van der Waals surface area contributed by atoms with Crippen LogP contribution in [0.5, 0.6) is 0 Å². The van der Waals surface area contributed by atoms with Gasteiger partial charge in [0.25, 0.3) is 0 Å². The molecule has 0 fully saturated rings. The molecule has 0 aliphatic rings. The summed E-state index contributed by atoms with van der Waals surface area (Å²) in [6, 6.07) is 8.13. The molecule has 94 valence electrons. The first kappa shape index (κ1) is 13.9. The Morgan fingerprint density at radius 1 is 1.18 bits per heavy atom. The number of ether oxygens (including phenoxy) is 2. The second-order valence-electron chi connectivity index (χ2n) is 4.41. The molecule has 0 spiro atoms. The number of hydrogen-bond acceptors (Lipinski definition) is 2. The van der Waals surface area contributed by atoms with Gasteiger partial charge in [0, 0.05) is 0 Å². The third-order valence-corrected chi connectivity index (χ3v) is 2.46. The van der Waals surface area contributed by atoms with Crippen LogP contribution in [-0.4, -0.2) is 18.8 Å². The molecule has 0 saturated carbocycles. The normalized spacial score (nSPS) is 12.7. The lowest BCUT2D eigenvalue weighted by atomic mass is 10.1. The second kappa shape index (κ2) is 7.25. The molecule has 0 heterocycles. The maximum absolute atomic E-state index is 5.75. The molecule has 1 aromatic rings. The third-order valence-electron chi connectivity index (χ3n) is 2.46. The second-order valence-corrected chi connectivity index (χ2v) is 4.41. The molecule has 0 radical (unpaired) electrons. The molecule has 0 amide bonds. The van der Waals surface area contributed by atoms with Gasteiger partial charge in [-0.2, -0.15) is 0 Å². The van der Waals surface area contributed by atoms with Crippen LogP contribution < -0.4 is 0 Å². The van der Waals surface area contributed by atoms with E-state index >= 15 is 0 Å². The monoisotopic (exact) mass is 234 g/mol. The average Bonchev–Trinajstić information content (AvgIpc) is 2.34. The molecule has 0 bridgehead atoms. The Kier molecular flexibility index (Phi) is 5.95. The molecule has 0 saturated heterocycles. The van der Waals surface area contributed by atoms with Crippen molar-refractivity contribution in [3.8, 4) is 0 Å². The molecule has 0 aromatic heterocycles. The zero-order valence-corrected chi connectivity index (χ0v) is 11.0. The predicted molar refractivity (Wildman–Crippen MR) is 71.9 cm³/mol. The van der Waals surface area contributed by atoms with Crippen molar-refractivity contribution < 1.29 is 9.47 Å². The molecule has 1 rings (SSSR count). The van der Waals surface area contributed by atoms with Crippen molar-refractivity contribution in [1.82, 2.24) is 0 Å². The summed E-state index contributed by atoms with van der Waals surface area (Å²) in [4.78, 5) is 0. The summed E-state index contributed by atoms with van der Waals surface area (Å²) in [5.74, 6) is 0. The molecule has 17 heavy (non-hydrogen) atoms. The SMILES string of the molecule is C=Cc1ccccc1COC(C)COC(C)C. The highest BCUT2D eigenvalue weighted by atomic mass is 16.5. The van der Waals surface area contributed by atoms with E-state index in [1.165, 1.54) is 5.56 Å². The van der Waals surface area contributed by atoms with E-state index in [0.29, 0.717) is 13.2 Å². The number of rotatable bonds is 7. The summed E-state index contributed by atoms with van der Waals surface area (Å²) >= 11 is 0. The van der Waals surface area contributed by atoms with Crippen molar-refractivity contribution >= 4 is 6.08 Å². The predicted octanol–water partition coefficient (Wildman–Crippen LogP) is 3.66. The fourth-order valence-electron chi connectivity index (χ4n) is 1.47. The van der Waals surface area contributed by atoms with E-state index in [0.717, 1.165) is 5.56 Å². The molecule has 1 aromatic carbocycles. The van der Waals surface area contributed by atoms with Crippen LogP contribution in [0, 0.1) is 0 Å². The van der Waals surface area contributed by atoms with Gasteiger partial charge in [0.15, 0.2) is 0 Å². The van der Waals surface area contributed by atoms with Gasteiger partial charge in [-0.1, -0.05) is 36.9 Å². The molecule has 2 nitrogen and oxygen atoms in total. The summed E-state index contributed by atoms with van der Waals surface area (Å²) in [6.45, 7) is 11.1. The van der Waals surface area contributed by atoms with E-state index in [4.69, 9.17) is 9.47 Å². The van der Waals surface area contributed by atoms with Crippen molar-refractivity contribution in [3.63, 3.8) is 0 Å². The first-order valence-electron chi connectivity index (χ1n) is 6.07. The van der Waals surface area contributed by atoms with E-state index in [1.54, 1.807) is 0 Å². The topological polar surface area (TPSA) is 18.5 Å². The Balaban J connectivity index is 2.41. The molecule has 0 aliphatic heterocycles. The third kappa shape index (κ3) is 5.16. The maximum atomic E-state index is 5.75. The average molecular weight is 234 g/mol. The van der Waals surface area contributed by atoms with Gasteiger partial charge in [0.1, 0.15) is 0 Å². The molecule has 0 aliphatic carbocycles. The molecular weight excluding hydrogens is 212 g/mol. The van der Waals surface area contributed by atoms with Gasteiger partial charge in [0.05, 0.1) is 25.4 Å². The zero-order chi connectivity index (χ0) is 12.7. The van der Waals surface area contributed by atoms with Crippen LogP contribution in [0.2, 0.25) is 0 Å². The van der Waals surface area contributed by atoms with Gasteiger partial charge in [-0.3, -0.25) is 0 Å². The highest BCUT2D eigenvalue weighted by Crippen LogP contribution is 2.12. The molecular formula is C15H22O2. The first-order chi connectivity index (χ1) is 8.13. The lowest BCUT2D eigenvalue weighted by Gasteiger charge is -2.16. The zero-order valence-electron chi connectivity index (χ0n) is 11.0. The van der Waals surface area contributed by atoms with Crippen LogP contribution in [0.4, 0.5) is 0 Å². The van der Waals surface area contributed by atoms with E-state index < -0.39 is 0 Å². The Bertz CT molecular complexity index is 345.